The van der Waals surface area contributed by atoms with Gasteiger partial charge < -0.3 is 15.1 Å². The molecular weight excluding hydrogens is 382 g/mol. The molecule has 0 bridgehead atoms. The first-order valence-electron chi connectivity index (χ1n) is 8.62. The van der Waals surface area contributed by atoms with Crippen LogP contribution in [0.4, 0.5) is 0 Å². The van der Waals surface area contributed by atoms with Crippen molar-refractivity contribution < 1.29 is 24.6 Å². The zero-order chi connectivity index (χ0) is 20.4. The van der Waals surface area contributed by atoms with Gasteiger partial charge in [0.2, 0.25) is 0 Å². The van der Waals surface area contributed by atoms with E-state index >= 15 is 0 Å². The number of benzene rings is 2. The van der Waals surface area contributed by atoms with Crippen molar-refractivity contribution in [3.63, 3.8) is 0 Å². The summed E-state index contributed by atoms with van der Waals surface area (Å²) < 4.78 is 0. The summed E-state index contributed by atoms with van der Waals surface area (Å²) >= 11 is 5.88. The SMILES string of the molecule is Cc1ccc([C@@H]2C(=C(O)c3ccc(Cl)cc3)C(=O)C(=O)N2CCC(=O)O)cc1. The monoisotopic (exact) mass is 399 g/mol. The van der Waals surface area contributed by atoms with E-state index in [-0.39, 0.29) is 24.3 Å². The molecule has 1 fully saturated rings. The maximum absolute atomic E-state index is 12.7. The summed E-state index contributed by atoms with van der Waals surface area (Å²) in [5.41, 5.74) is 1.88. The van der Waals surface area contributed by atoms with Crippen molar-refractivity contribution in [3.05, 3.63) is 75.8 Å². The van der Waals surface area contributed by atoms with Gasteiger partial charge in [0.15, 0.2) is 0 Å². The largest absolute Gasteiger partial charge is 0.507 e. The number of carboxylic acids is 1. The number of carbonyl (C=O) groups excluding carboxylic acids is 2. The van der Waals surface area contributed by atoms with E-state index in [1.54, 1.807) is 36.4 Å². The topological polar surface area (TPSA) is 94.9 Å². The Morgan fingerprint density at radius 3 is 2.21 bits per heavy atom. The average molecular weight is 400 g/mol. The number of nitrogens with zero attached hydrogens (tertiary/aromatic N) is 1. The molecule has 0 aromatic heterocycles. The van der Waals surface area contributed by atoms with Gasteiger partial charge in [-0.2, -0.15) is 0 Å². The lowest BCUT2D eigenvalue weighted by atomic mass is 9.94. The van der Waals surface area contributed by atoms with Crippen LogP contribution in [0.2, 0.25) is 5.02 Å². The van der Waals surface area contributed by atoms with Crippen LogP contribution in [-0.2, 0) is 14.4 Å². The number of aliphatic hydroxyl groups is 1. The third kappa shape index (κ3) is 3.77. The third-order valence-electron chi connectivity index (χ3n) is 4.62. The molecule has 1 atom stereocenters. The van der Waals surface area contributed by atoms with Gasteiger partial charge >= 0.3 is 5.97 Å². The number of aliphatic carboxylic acids is 1. The molecule has 144 valence electrons. The van der Waals surface area contributed by atoms with Crippen LogP contribution in [0.15, 0.2) is 54.1 Å². The van der Waals surface area contributed by atoms with Crippen LogP contribution in [0.1, 0.15) is 29.2 Å². The number of hydrogen-bond donors (Lipinski definition) is 2. The first-order chi connectivity index (χ1) is 13.3. The number of aryl methyl sites for hydroxylation is 1. The quantitative estimate of drug-likeness (QED) is 0.455. The van der Waals surface area contributed by atoms with Gasteiger partial charge in [-0.3, -0.25) is 14.4 Å². The van der Waals surface area contributed by atoms with Gasteiger partial charge in [0.1, 0.15) is 5.76 Å². The second kappa shape index (κ2) is 7.86. The highest BCUT2D eigenvalue weighted by Gasteiger charge is 2.45. The van der Waals surface area contributed by atoms with Gasteiger partial charge in [0.05, 0.1) is 18.0 Å². The molecule has 2 N–H and O–H groups in total. The second-order valence-electron chi connectivity index (χ2n) is 6.55. The van der Waals surface area contributed by atoms with E-state index < -0.39 is 23.7 Å². The number of rotatable bonds is 5. The van der Waals surface area contributed by atoms with E-state index in [4.69, 9.17) is 16.7 Å². The van der Waals surface area contributed by atoms with Crippen molar-refractivity contribution in [2.24, 2.45) is 0 Å². The first kappa shape index (κ1) is 19.6. The minimum atomic E-state index is -1.08. The van der Waals surface area contributed by atoms with Crippen molar-refractivity contribution in [2.45, 2.75) is 19.4 Å². The molecule has 1 aliphatic heterocycles. The summed E-state index contributed by atoms with van der Waals surface area (Å²) in [6.45, 7) is 1.76. The van der Waals surface area contributed by atoms with Crippen molar-refractivity contribution in [1.82, 2.24) is 4.90 Å². The fraction of sp³-hybridized carbons (Fsp3) is 0.190. The summed E-state index contributed by atoms with van der Waals surface area (Å²) in [7, 11) is 0. The van der Waals surface area contributed by atoms with Crippen LogP contribution < -0.4 is 0 Å². The summed E-state index contributed by atoms with van der Waals surface area (Å²) in [5, 5.41) is 20.3. The Morgan fingerprint density at radius 2 is 1.64 bits per heavy atom. The minimum Gasteiger partial charge on any atom is -0.507 e. The fourth-order valence-corrected chi connectivity index (χ4v) is 3.31. The number of carboxylic acid groups (broad SMARTS) is 1. The predicted molar refractivity (Wildman–Crippen MR) is 104 cm³/mol. The summed E-state index contributed by atoms with van der Waals surface area (Å²) in [6, 6.07) is 12.5. The van der Waals surface area contributed by atoms with E-state index in [0.717, 1.165) is 5.56 Å². The van der Waals surface area contributed by atoms with Crippen molar-refractivity contribution in [2.75, 3.05) is 6.54 Å². The standard InChI is InChI=1S/C21H18ClNO5/c1-12-2-4-13(5-3-12)18-17(19(26)14-6-8-15(22)9-7-14)20(27)21(28)23(18)11-10-16(24)25/h2-9,18,26H,10-11H2,1H3,(H,24,25)/t18-/m1/s1. The van der Waals surface area contributed by atoms with Gasteiger partial charge in [0.25, 0.3) is 11.7 Å². The Kier molecular flexibility index (Phi) is 5.51. The smallest absolute Gasteiger partial charge is 0.305 e. The summed E-state index contributed by atoms with van der Waals surface area (Å²) in [5.74, 6) is -3.08. The van der Waals surface area contributed by atoms with Gasteiger partial charge in [-0.15, -0.1) is 0 Å². The molecular formula is C21H18ClNO5. The van der Waals surface area contributed by atoms with Crippen LogP contribution in [0, 0.1) is 6.92 Å². The van der Waals surface area contributed by atoms with E-state index in [9.17, 15) is 19.5 Å². The Balaban J connectivity index is 2.14. The number of Topliss-reactive ketones (excluding diaryl/α,β-unsaturated/α-hetero) is 1. The maximum Gasteiger partial charge on any atom is 0.305 e. The number of hydrogen-bond acceptors (Lipinski definition) is 4. The predicted octanol–water partition coefficient (Wildman–Crippen LogP) is 3.54. The van der Waals surface area contributed by atoms with Crippen LogP contribution in [-0.4, -0.2) is 39.3 Å². The van der Waals surface area contributed by atoms with E-state index in [1.807, 2.05) is 19.1 Å². The number of amides is 1. The van der Waals surface area contributed by atoms with Crippen LogP contribution in [0.3, 0.4) is 0 Å². The molecule has 2 aromatic carbocycles. The van der Waals surface area contributed by atoms with Gasteiger partial charge in [0, 0.05) is 17.1 Å². The molecule has 0 aliphatic carbocycles. The van der Waals surface area contributed by atoms with Crippen molar-refractivity contribution in [3.8, 4) is 0 Å². The molecule has 0 radical (unpaired) electrons. The van der Waals surface area contributed by atoms with Gasteiger partial charge in [-0.1, -0.05) is 41.4 Å². The lowest BCUT2D eigenvalue weighted by Crippen LogP contribution is -2.31. The molecule has 3 rings (SSSR count). The maximum atomic E-state index is 12.7. The number of ketones is 1. The molecule has 1 heterocycles. The number of halogens is 1. The lowest BCUT2D eigenvalue weighted by Gasteiger charge is -2.24. The zero-order valence-electron chi connectivity index (χ0n) is 15.1. The summed E-state index contributed by atoms with van der Waals surface area (Å²) in [6.07, 6.45) is -0.309. The van der Waals surface area contributed by atoms with Crippen LogP contribution in [0.5, 0.6) is 0 Å². The van der Waals surface area contributed by atoms with Gasteiger partial charge in [-0.25, -0.2) is 0 Å². The van der Waals surface area contributed by atoms with Gasteiger partial charge in [-0.05, 0) is 36.8 Å². The minimum absolute atomic E-state index is 0.0680. The fourth-order valence-electron chi connectivity index (χ4n) is 3.19. The first-order valence-corrected chi connectivity index (χ1v) is 9.00. The highest BCUT2D eigenvalue weighted by atomic mass is 35.5. The van der Waals surface area contributed by atoms with Crippen LogP contribution in [0.25, 0.3) is 5.76 Å². The molecule has 7 heteroatoms. The Morgan fingerprint density at radius 1 is 1.04 bits per heavy atom. The molecule has 6 nitrogen and oxygen atoms in total. The Labute approximate surface area is 166 Å². The molecule has 0 unspecified atom stereocenters. The number of aliphatic hydroxyl groups excluding tert-OH is 1. The lowest BCUT2D eigenvalue weighted by molar-refractivity contribution is -0.142. The molecule has 28 heavy (non-hydrogen) atoms. The molecule has 1 amide bonds. The third-order valence-corrected chi connectivity index (χ3v) is 4.87. The normalized spacial score (nSPS) is 18.5. The Bertz CT molecular complexity index is 963. The highest BCUT2D eigenvalue weighted by molar-refractivity contribution is 6.46. The average Bonchev–Trinajstić information content (AvgIpc) is 2.91. The highest BCUT2D eigenvalue weighted by Crippen LogP contribution is 2.39. The van der Waals surface area contributed by atoms with E-state index in [2.05, 4.69) is 0 Å². The molecule has 1 aliphatic rings. The summed E-state index contributed by atoms with van der Waals surface area (Å²) in [4.78, 5) is 37.5. The molecule has 1 saturated heterocycles. The molecule has 0 saturated carbocycles. The van der Waals surface area contributed by atoms with E-state index in [0.29, 0.717) is 16.1 Å². The van der Waals surface area contributed by atoms with E-state index in [1.165, 1.54) is 4.90 Å². The number of likely N-dealkylation sites (tertiary alicyclic amines) is 1. The molecule has 0 spiro atoms. The second-order valence-corrected chi connectivity index (χ2v) is 6.99. The zero-order valence-corrected chi connectivity index (χ0v) is 15.8. The van der Waals surface area contributed by atoms with Crippen molar-refractivity contribution >= 4 is 35.0 Å². The Hall–Kier alpha value is -3.12. The number of carbonyl (C=O) groups is 3. The van der Waals surface area contributed by atoms with Crippen LogP contribution >= 0.6 is 11.6 Å². The van der Waals surface area contributed by atoms with Crippen molar-refractivity contribution in [1.29, 1.82) is 0 Å². The molecule has 2 aromatic rings.